The Morgan fingerprint density at radius 2 is 1.59 bits per heavy atom. The van der Waals surface area contributed by atoms with Gasteiger partial charge in [0.1, 0.15) is 5.75 Å². The second-order valence-electron chi connectivity index (χ2n) is 9.54. The van der Waals surface area contributed by atoms with Gasteiger partial charge in [-0.15, -0.1) is 11.3 Å². The third-order valence-corrected chi connectivity index (χ3v) is 8.05. The zero-order chi connectivity index (χ0) is 26.2. The lowest BCUT2D eigenvalue weighted by Gasteiger charge is -2.28. The Kier molecular flexibility index (Phi) is 5.87. The van der Waals surface area contributed by atoms with Gasteiger partial charge in [-0.3, -0.25) is 0 Å². The van der Waals surface area contributed by atoms with Gasteiger partial charge in [0.2, 0.25) is 5.88 Å². The number of hydrogen-bond acceptors (Lipinski definition) is 6. The minimum absolute atomic E-state index is 0.569. The van der Waals surface area contributed by atoms with Gasteiger partial charge >= 0.3 is 0 Å². The van der Waals surface area contributed by atoms with Crippen LogP contribution in [0.3, 0.4) is 0 Å². The fourth-order valence-electron chi connectivity index (χ4n) is 5.04. The van der Waals surface area contributed by atoms with Crippen LogP contribution in [0.2, 0.25) is 0 Å². The predicted molar refractivity (Wildman–Crippen MR) is 163 cm³/mol. The zero-order valence-electron chi connectivity index (χ0n) is 21.4. The molecule has 3 heterocycles. The molecule has 0 radical (unpaired) electrons. The minimum atomic E-state index is 0.569. The molecule has 0 aliphatic carbocycles. The quantitative estimate of drug-likeness (QED) is 0.216. The van der Waals surface area contributed by atoms with Crippen LogP contribution >= 0.6 is 11.3 Å². The van der Waals surface area contributed by atoms with Crippen LogP contribution in [0.15, 0.2) is 128 Å². The third kappa shape index (κ3) is 4.45. The maximum atomic E-state index is 6.14. The molecule has 190 valence electrons. The van der Waals surface area contributed by atoms with E-state index in [0.29, 0.717) is 5.88 Å². The summed E-state index contributed by atoms with van der Waals surface area (Å²) in [5, 5.41) is 2.53. The molecule has 6 aromatic rings. The largest absolute Gasteiger partial charge is 0.439 e. The number of rotatable bonds is 6. The predicted octanol–water partition coefficient (Wildman–Crippen LogP) is 8.89. The first-order chi connectivity index (χ1) is 19.2. The summed E-state index contributed by atoms with van der Waals surface area (Å²) < 4.78 is 8.66. The first-order valence-electron chi connectivity index (χ1n) is 12.9. The number of pyridine rings is 1. The van der Waals surface area contributed by atoms with Crippen LogP contribution in [0.1, 0.15) is 0 Å². The van der Waals surface area contributed by atoms with E-state index < -0.39 is 0 Å². The molecule has 0 fully saturated rings. The van der Waals surface area contributed by atoms with E-state index >= 15 is 0 Å². The second-order valence-corrected chi connectivity index (χ2v) is 10.6. The van der Waals surface area contributed by atoms with Crippen LogP contribution in [-0.4, -0.2) is 23.6 Å². The van der Waals surface area contributed by atoms with E-state index in [4.69, 9.17) is 4.74 Å². The lowest BCUT2D eigenvalue weighted by molar-refractivity contribution is 0.463. The van der Waals surface area contributed by atoms with Crippen molar-refractivity contribution in [3.8, 4) is 11.6 Å². The molecular weight excluding hydrogens is 500 g/mol. The number of para-hydroxylation sites is 1. The van der Waals surface area contributed by atoms with Crippen molar-refractivity contribution in [3.63, 3.8) is 0 Å². The van der Waals surface area contributed by atoms with E-state index in [1.54, 1.807) is 6.20 Å². The Bertz CT molecular complexity index is 1800. The minimum Gasteiger partial charge on any atom is -0.439 e. The summed E-state index contributed by atoms with van der Waals surface area (Å²) in [7, 11) is 2.10. The highest BCUT2D eigenvalue weighted by molar-refractivity contribution is 7.26. The standard InChI is InChI=1S/C33H26N4OS/c1-35-18-19-36(23-35)26-21-29-28-14-5-6-15-31(28)39-33(29)30(22-26)37(24-10-3-2-4-11-24)25-12-9-13-27(20-25)38-32-16-7-8-17-34-32/h2-22H,23H2,1H3. The van der Waals surface area contributed by atoms with Crippen LogP contribution < -0.4 is 14.5 Å². The summed E-state index contributed by atoms with van der Waals surface area (Å²) in [5.41, 5.74) is 4.38. The zero-order valence-corrected chi connectivity index (χ0v) is 22.3. The van der Waals surface area contributed by atoms with Crippen molar-refractivity contribution in [2.75, 3.05) is 23.5 Å². The Hall–Kier alpha value is -4.81. The molecule has 39 heavy (non-hydrogen) atoms. The van der Waals surface area contributed by atoms with Crippen molar-refractivity contribution in [1.82, 2.24) is 9.88 Å². The number of nitrogens with zero attached hydrogens (tertiary/aromatic N) is 4. The summed E-state index contributed by atoms with van der Waals surface area (Å²) in [6.07, 6.45) is 6.00. The Labute approximate surface area is 231 Å². The van der Waals surface area contributed by atoms with Crippen LogP contribution in [0.5, 0.6) is 11.6 Å². The van der Waals surface area contributed by atoms with Crippen molar-refractivity contribution in [2.45, 2.75) is 0 Å². The molecule has 0 N–H and O–H groups in total. The first kappa shape index (κ1) is 23.3. The van der Waals surface area contributed by atoms with E-state index in [1.807, 2.05) is 41.7 Å². The molecule has 5 nitrogen and oxygen atoms in total. The molecule has 0 unspecified atom stereocenters. The fourth-order valence-corrected chi connectivity index (χ4v) is 6.23. The molecule has 0 bridgehead atoms. The summed E-state index contributed by atoms with van der Waals surface area (Å²) in [6, 6.07) is 37.7. The van der Waals surface area contributed by atoms with Gasteiger partial charge in [-0.25, -0.2) is 4.98 Å². The van der Waals surface area contributed by atoms with Crippen LogP contribution in [0.25, 0.3) is 20.2 Å². The lowest BCUT2D eigenvalue weighted by atomic mass is 10.1. The summed E-state index contributed by atoms with van der Waals surface area (Å²) in [4.78, 5) is 11.1. The molecule has 6 heteroatoms. The number of hydrogen-bond donors (Lipinski definition) is 0. The van der Waals surface area contributed by atoms with E-state index in [-0.39, 0.29) is 0 Å². The first-order valence-corrected chi connectivity index (χ1v) is 13.7. The van der Waals surface area contributed by atoms with Crippen molar-refractivity contribution in [2.24, 2.45) is 0 Å². The van der Waals surface area contributed by atoms with Crippen LogP contribution in [-0.2, 0) is 0 Å². The van der Waals surface area contributed by atoms with Gasteiger partial charge in [0.05, 0.1) is 17.1 Å². The average molecular weight is 527 g/mol. The molecule has 2 aromatic heterocycles. The van der Waals surface area contributed by atoms with Gasteiger partial charge in [0, 0.05) is 70.3 Å². The van der Waals surface area contributed by atoms with Gasteiger partial charge in [-0.05, 0) is 48.5 Å². The Balaban J connectivity index is 1.44. The molecule has 1 aliphatic heterocycles. The molecule has 7 rings (SSSR count). The second kappa shape index (κ2) is 9.82. The topological polar surface area (TPSA) is 31.8 Å². The summed E-state index contributed by atoms with van der Waals surface area (Å²) >= 11 is 1.83. The van der Waals surface area contributed by atoms with Crippen molar-refractivity contribution in [3.05, 3.63) is 128 Å². The molecule has 4 aromatic carbocycles. The van der Waals surface area contributed by atoms with Gasteiger partial charge in [0.25, 0.3) is 0 Å². The van der Waals surface area contributed by atoms with Gasteiger partial charge < -0.3 is 19.4 Å². The molecule has 0 saturated heterocycles. The number of fused-ring (bicyclic) bond motifs is 3. The monoisotopic (exact) mass is 526 g/mol. The van der Waals surface area contributed by atoms with E-state index in [0.717, 1.165) is 35.2 Å². The number of ether oxygens (including phenoxy) is 1. The third-order valence-electron chi connectivity index (χ3n) is 6.84. The molecule has 0 spiro atoms. The number of aromatic nitrogens is 1. The molecule has 0 saturated carbocycles. The van der Waals surface area contributed by atoms with Gasteiger partial charge in [-0.2, -0.15) is 0 Å². The van der Waals surface area contributed by atoms with Crippen LogP contribution in [0.4, 0.5) is 22.7 Å². The van der Waals surface area contributed by atoms with Crippen molar-refractivity contribution < 1.29 is 4.74 Å². The Morgan fingerprint density at radius 1 is 0.769 bits per heavy atom. The van der Waals surface area contributed by atoms with E-state index in [2.05, 4.69) is 118 Å². The normalized spacial score (nSPS) is 12.9. The maximum absolute atomic E-state index is 6.14. The number of thiophene rings is 1. The number of benzene rings is 4. The highest BCUT2D eigenvalue weighted by Gasteiger charge is 2.22. The van der Waals surface area contributed by atoms with Gasteiger partial charge in [-0.1, -0.05) is 48.5 Å². The SMILES string of the molecule is CN1C=CN(c2cc(N(c3ccccc3)c3cccc(Oc4ccccn4)c3)c3sc4ccccc4c3c2)C1. The van der Waals surface area contributed by atoms with E-state index in [9.17, 15) is 0 Å². The molecule has 1 aliphatic rings. The van der Waals surface area contributed by atoms with Crippen molar-refractivity contribution >= 4 is 54.3 Å². The summed E-state index contributed by atoms with van der Waals surface area (Å²) in [6.45, 7) is 0.811. The average Bonchev–Trinajstić information content (AvgIpc) is 3.58. The fraction of sp³-hybridized carbons (Fsp3) is 0.0606. The summed E-state index contributed by atoms with van der Waals surface area (Å²) in [5.74, 6) is 1.31. The number of anilines is 4. The molecular formula is C33H26N4OS. The van der Waals surface area contributed by atoms with Gasteiger partial charge in [0.15, 0.2) is 0 Å². The molecule has 0 amide bonds. The Morgan fingerprint density at radius 3 is 2.41 bits per heavy atom. The molecule has 0 atom stereocenters. The van der Waals surface area contributed by atoms with Crippen LogP contribution in [0, 0.1) is 0 Å². The van der Waals surface area contributed by atoms with E-state index in [1.165, 1.54) is 20.2 Å². The maximum Gasteiger partial charge on any atom is 0.219 e. The smallest absolute Gasteiger partial charge is 0.219 e. The lowest BCUT2D eigenvalue weighted by Crippen LogP contribution is -2.22. The highest BCUT2D eigenvalue weighted by atomic mass is 32.1. The highest BCUT2D eigenvalue weighted by Crippen LogP contribution is 2.47. The van der Waals surface area contributed by atoms with Crippen molar-refractivity contribution in [1.29, 1.82) is 0 Å².